The van der Waals surface area contributed by atoms with Crippen LogP contribution in [-0.4, -0.2) is 64.6 Å². The van der Waals surface area contributed by atoms with Crippen molar-refractivity contribution in [3.63, 3.8) is 0 Å². The van der Waals surface area contributed by atoms with E-state index in [-0.39, 0.29) is 44.3 Å². The molecule has 3 fully saturated rings. The highest BCUT2D eigenvalue weighted by Gasteiger charge is 2.40. The molecule has 0 saturated carbocycles. The Balaban J connectivity index is 0.995. The Morgan fingerprint density at radius 1 is 0.788 bits per heavy atom. The van der Waals surface area contributed by atoms with Gasteiger partial charge in [-0.3, -0.25) is 14.5 Å². The number of alkyl carbamates (subject to hydrolysis) is 1. The number of nitrogens with one attached hydrogen (secondary N) is 1. The third kappa shape index (κ3) is 8.77. The van der Waals surface area contributed by atoms with E-state index in [2.05, 4.69) is 10.2 Å². The molecule has 2 N–H and O–H groups in total. The first-order chi connectivity index (χ1) is 25.4. The van der Waals surface area contributed by atoms with Crippen LogP contribution < -0.4 is 5.32 Å². The van der Waals surface area contributed by atoms with Gasteiger partial charge in [-0.15, -0.1) is 0 Å². The van der Waals surface area contributed by atoms with E-state index in [9.17, 15) is 19.5 Å². The van der Waals surface area contributed by atoms with E-state index < -0.39 is 24.3 Å². The summed E-state index contributed by atoms with van der Waals surface area (Å²) in [6.07, 6.45) is 2.97. The zero-order valence-electron chi connectivity index (χ0n) is 29.2. The van der Waals surface area contributed by atoms with Gasteiger partial charge in [-0.25, -0.2) is 4.79 Å². The Morgan fingerprint density at radius 3 is 2.27 bits per heavy atom. The molecule has 270 valence electrons. The van der Waals surface area contributed by atoms with Crippen LogP contribution in [0.2, 0.25) is 0 Å². The van der Waals surface area contributed by atoms with Crippen LogP contribution in [0.15, 0.2) is 103 Å². The van der Waals surface area contributed by atoms with Crippen molar-refractivity contribution in [3.05, 3.63) is 131 Å². The molecular weight excluding hydrogens is 658 g/mol. The van der Waals surface area contributed by atoms with E-state index >= 15 is 0 Å². The number of imide groups is 1. The number of likely N-dealkylation sites (tertiary alicyclic amines) is 2. The minimum absolute atomic E-state index is 0.00471. The van der Waals surface area contributed by atoms with Gasteiger partial charge in [-0.2, -0.15) is 0 Å². The van der Waals surface area contributed by atoms with Crippen molar-refractivity contribution in [2.24, 2.45) is 0 Å². The lowest BCUT2D eigenvalue weighted by molar-refractivity contribution is -0.253. The van der Waals surface area contributed by atoms with E-state index in [0.29, 0.717) is 0 Å². The van der Waals surface area contributed by atoms with Crippen LogP contribution in [0.3, 0.4) is 0 Å². The van der Waals surface area contributed by atoms with E-state index in [4.69, 9.17) is 14.2 Å². The molecule has 1 unspecified atom stereocenters. The standard InChI is InChI=1S/C42H45N3O7/c46-27-29-12-14-33(15-13-29)38-23-36(26-44-20-5-2-6-21-44)51-41(52-38)34-18-16-32(17-19-34)35-11-7-10-31(22-35)25-45-39(47)24-37(40(45)48)43-42(49)50-28-30-8-3-1-4-9-30/h1,3-4,7-19,22,36-38,41,46H,2,5-6,20-21,23-28H2,(H,43,49)/t36-,37?,38+,41+/m0/s1. The summed E-state index contributed by atoms with van der Waals surface area (Å²) in [5.41, 5.74) is 6.40. The largest absolute Gasteiger partial charge is 0.445 e. The number of carbonyl (C=O) groups excluding carboxylic acids is 3. The molecule has 10 nitrogen and oxygen atoms in total. The molecule has 4 atom stereocenters. The quantitative estimate of drug-likeness (QED) is 0.172. The number of nitrogens with zero attached hydrogens (tertiary/aromatic N) is 2. The Kier molecular flexibility index (Phi) is 11.4. The van der Waals surface area contributed by atoms with Crippen LogP contribution in [0.25, 0.3) is 11.1 Å². The first kappa shape index (κ1) is 35.5. The molecule has 10 heteroatoms. The topological polar surface area (TPSA) is 118 Å². The molecule has 7 rings (SSSR count). The molecule has 0 bridgehead atoms. The van der Waals surface area contributed by atoms with Gasteiger partial charge < -0.3 is 29.5 Å². The second-order valence-corrected chi connectivity index (χ2v) is 13.8. The maximum Gasteiger partial charge on any atom is 0.408 e. The molecule has 4 aromatic carbocycles. The maximum atomic E-state index is 13.1. The van der Waals surface area contributed by atoms with Crippen LogP contribution in [0, 0.1) is 0 Å². The Hall–Kier alpha value is -4.87. The van der Waals surface area contributed by atoms with Gasteiger partial charge >= 0.3 is 6.09 Å². The lowest BCUT2D eigenvalue weighted by Gasteiger charge is -2.39. The third-order valence-electron chi connectivity index (χ3n) is 10.1. The van der Waals surface area contributed by atoms with Crippen LogP contribution >= 0.6 is 0 Å². The van der Waals surface area contributed by atoms with Crippen LogP contribution in [-0.2, 0) is 43.6 Å². The second-order valence-electron chi connectivity index (χ2n) is 13.8. The predicted molar refractivity (Wildman–Crippen MR) is 194 cm³/mol. The minimum Gasteiger partial charge on any atom is -0.445 e. The van der Waals surface area contributed by atoms with Crippen molar-refractivity contribution < 1.29 is 33.7 Å². The van der Waals surface area contributed by atoms with Gasteiger partial charge in [-0.05, 0) is 65.4 Å². The number of ether oxygens (including phenoxy) is 3. The number of benzene rings is 4. The number of hydrogen-bond donors (Lipinski definition) is 2. The highest BCUT2D eigenvalue weighted by Crippen LogP contribution is 2.39. The molecule has 3 heterocycles. The fourth-order valence-electron chi connectivity index (χ4n) is 7.20. The van der Waals surface area contributed by atoms with Crippen molar-refractivity contribution in [2.45, 2.75) is 76.4 Å². The first-order valence-electron chi connectivity index (χ1n) is 18.2. The fourth-order valence-corrected chi connectivity index (χ4v) is 7.20. The lowest BCUT2D eigenvalue weighted by atomic mass is 9.98. The number of hydrogen-bond acceptors (Lipinski definition) is 8. The molecule has 3 amide bonds. The number of carbonyl (C=O) groups is 3. The molecule has 3 saturated heterocycles. The SMILES string of the molecule is O=C(NC1CC(=O)N(Cc2cccc(-c3ccc([C@@H]4O[C@H](CN5CCCCC5)C[C@H](c5ccc(CO)cc5)O4)cc3)c2)C1=O)OCc1ccccc1. The van der Waals surface area contributed by atoms with Gasteiger partial charge in [0, 0.05) is 18.5 Å². The molecule has 0 aliphatic carbocycles. The normalized spacial score (nSPS) is 22.4. The molecular formula is C42H45N3O7. The third-order valence-corrected chi connectivity index (χ3v) is 10.1. The fraction of sp³-hybridized carbons (Fsp3) is 0.357. The van der Waals surface area contributed by atoms with Crippen molar-refractivity contribution in [2.75, 3.05) is 19.6 Å². The predicted octanol–water partition coefficient (Wildman–Crippen LogP) is 6.43. The summed E-state index contributed by atoms with van der Waals surface area (Å²) in [4.78, 5) is 42.1. The molecule has 3 aliphatic rings. The smallest absolute Gasteiger partial charge is 0.408 e. The molecule has 0 radical (unpaired) electrons. The van der Waals surface area contributed by atoms with Gasteiger partial charge in [0.1, 0.15) is 12.6 Å². The highest BCUT2D eigenvalue weighted by atomic mass is 16.7. The van der Waals surface area contributed by atoms with E-state index in [0.717, 1.165) is 65.0 Å². The molecule has 0 aromatic heterocycles. The summed E-state index contributed by atoms with van der Waals surface area (Å²) in [6, 6.07) is 32.1. The van der Waals surface area contributed by atoms with E-state index in [1.165, 1.54) is 24.2 Å². The van der Waals surface area contributed by atoms with Crippen LogP contribution in [0.1, 0.15) is 72.3 Å². The zero-order valence-corrected chi connectivity index (χ0v) is 29.2. The number of aliphatic hydroxyl groups is 1. The van der Waals surface area contributed by atoms with Crippen LogP contribution in [0.4, 0.5) is 4.79 Å². The maximum absolute atomic E-state index is 13.1. The summed E-state index contributed by atoms with van der Waals surface area (Å²) in [5.74, 6) is -0.799. The monoisotopic (exact) mass is 703 g/mol. The van der Waals surface area contributed by atoms with Gasteiger partial charge in [0.25, 0.3) is 5.91 Å². The molecule has 3 aliphatic heterocycles. The average molecular weight is 704 g/mol. The average Bonchev–Trinajstić information content (AvgIpc) is 3.45. The summed E-state index contributed by atoms with van der Waals surface area (Å²) in [6.45, 7) is 3.23. The van der Waals surface area contributed by atoms with Crippen molar-refractivity contribution in [3.8, 4) is 11.1 Å². The van der Waals surface area contributed by atoms with Crippen molar-refractivity contribution >= 4 is 17.9 Å². The summed E-state index contributed by atoms with van der Waals surface area (Å²) in [5, 5.41) is 12.1. The number of amides is 3. The van der Waals surface area contributed by atoms with Crippen LogP contribution in [0.5, 0.6) is 0 Å². The van der Waals surface area contributed by atoms with Gasteiger partial charge in [-0.1, -0.05) is 103 Å². The Bertz CT molecular complexity index is 1830. The second kappa shape index (κ2) is 16.6. The minimum atomic E-state index is -0.963. The van der Waals surface area contributed by atoms with E-state index in [1.807, 2.05) is 103 Å². The van der Waals surface area contributed by atoms with Crippen molar-refractivity contribution in [1.29, 1.82) is 0 Å². The number of rotatable bonds is 11. The summed E-state index contributed by atoms with van der Waals surface area (Å²) >= 11 is 0. The summed E-state index contributed by atoms with van der Waals surface area (Å²) in [7, 11) is 0. The Morgan fingerprint density at radius 2 is 1.52 bits per heavy atom. The number of piperidine rings is 1. The van der Waals surface area contributed by atoms with Gasteiger partial charge in [0.15, 0.2) is 6.29 Å². The zero-order chi connectivity index (χ0) is 35.9. The first-order valence-corrected chi connectivity index (χ1v) is 18.2. The Labute approximate surface area is 304 Å². The lowest BCUT2D eigenvalue weighted by Crippen LogP contribution is -2.41. The van der Waals surface area contributed by atoms with E-state index in [1.54, 1.807) is 0 Å². The number of aliphatic hydroxyl groups excluding tert-OH is 1. The van der Waals surface area contributed by atoms with Crippen molar-refractivity contribution in [1.82, 2.24) is 15.1 Å². The summed E-state index contributed by atoms with van der Waals surface area (Å²) < 4.78 is 18.4. The highest BCUT2D eigenvalue weighted by molar-refractivity contribution is 6.06. The van der Waals surface area contributed by atoms with Gasteiger partial charge in [0.2, 0.25) is 5.91 Å². The van der Waals surface area contributed by atoms with Gasteiger partial charge in [0.05, 0.1) is 31.8 Å². The molecule has 0 spiro atoms. The molecule has 52 heavy (non-hydrogen) atoms. The molecule has 4 aromatic rings.